The molecule has 0 aliphatic carbocycles. The number of carbonyl (C=O) groups is 3. The largest absolute Gasteiger partial charge is 0.504 e. The first-order chi connectivity index (χ1) is 70.9. The van der Waals surface area contributed by atoms with Gasteiger partial charge in [0.2, 0.25) is 3.57 Å². The molecule has 0 saturated carbocycles. The number of methoxy groups -OCH3 is 4. The molecule has 18 rings (SSSR count). The third-order valence-electron chi connectivity index (χ3n) is 22.1. The van der Waals surface area contributed by atoms with Crippen molar-refractivity contribution in [3.63, 3.8) is 0 Å². The summed E-state index contributed by atoms with van der Waals surface area (Å²) in [6.07, 6.45) is 3.70. The van der Waals surface area contributed by atoms with E-state index >= 15 is 0 Å². The van der Waals surface area contributed by atoms with Crippen molar-refractivity contribution < 1.29 is 197 Å². The molecule has 1 aliphatic rings. The van der Waals surface area contributed by atoms with E-state index in [9.17, 15) is 29.6 Å². The number of non-ortho nitro benzene ring substituents is 1. The lowest BCUT2D eigenvalue weighted by Crippen LogP contribution is -3.61. The van der Waals surface area contributed by atoms with Gasteiger partial charge in [0.1, 0.15) is 18.1 Å². The second-order valence-corrected chi connectivity index (χ2v) is 59.9. The van der Waals surface area contributed by atoms with Gasteiger partial charge in [-0.25, -0.2) is 0 Å². The number of nitro benzene ring substituents is 1. The first kappa shape index (κ1) is 118. The molecule has 0 radical (unpaired) electrons. The fourth-order valence-electron chi connectivity index (χ4n) is 14.0. The number of fused-ring (bicyclic) bond motifs is 2. The number of ether oxygens (including phenoxy) is 5. The van der Waals surface area contributed by atoms with Gasteiger partial charge in [0, 0.05) is 45.6 Å². The number of carbonyl (C=O) groups excluding carboxylic acids is 3. The summed E-state index contributed by atoms with van der Waals surface area (Å²) in [5.41, 5.74) is 10.4. The van der Waals surface area contributed by atoms with Crippen molar-refractivity contribution in [2.45, 2.75) is 110 Å². The Bertz CT molecular complexity index is 6700. The molecule has 0 aromatic heterocycles. The zero-order valence-electron chi connectivity index (χ0n) is 84.8. The number of benzene rings is 17. The third kappa shape index (κ3) is 42.4. The SMILES string of the molecule is CC(C)(C)c1ccc([I+]c2ccc(C(C)(C)C)cc2)cc1.COC(=O)Cc1ccc([I+]c2ccc3ccccc3c2)cc1.COC(=O)Cc1ccc([I+]c2ccccc2)cc1.COCCOC(=O)Cc1ccc([I+]c2ccccc2O)cc1.COc1c([S+]2CCCC2)ccc2ccccc12.Cc1ccc([I+]c2ccc(C)cc2)cc1.Cc1ccc([I+]c2ccc(Cl)cc2)cc1.O=[N+]([O-])c1ccc([I+]c2ccc(Cl)cc2)cc1. The maximum absolute atomic E-state index is 11.6. The number of phenols is 1. The van der Waals surface area contributed by atoms with Crippen LogP contribution in [-0.4, -0.2) is 81.1 Å². The molecule has 0 unspecified atom stereocenters. The number of rotatable bonds is 26. The molecule has 1 saturated heterocycles. The van der Waals surface area contributed by atoms with Crippen LogP contribution in [0.1, 0.15) is 98.9 Å². The summed E-state index contributed by atoms with van der Waals surface area (Å²) in [7, 11) is 6.62. The van der Waals surface area contributed by atoms with Crippen LogP contribution in [-0.2, 0) is 74.3 Å². The van der Waals surface area contributed by atoms with E-state index < -0.39 is 21.2 Å². The Labute approximate surface area is 953 Å². The van der Waals surface area contributed by atoms with Crippen LogP contribution in [0, 0.1) is 80.9 Å². The van der Waals surface area contributed by atoms with Crippen LogP contribution in [0.4, 0.5) is 5.69 Å². The van der Waals surface area contributed by atoms with Crippen LogP contribution in [0.15, 0.2) is 405 Å². The normalized spacial score (nSPS) is 11.3. The fourth-order valence-corrected chi connectivity index (χ4v) is 32.1. The van der Waals surface area contributed by atoms with Crippen LogP contribution in [0.5, 0.6) is 11.5 Å². The number of nitrogens with zero attached hydrogens (tertiary/aromatic N) is 1. The summed E-state index contributed by atoms with van der Waals surface area (Å²) < 4.78 is 43.8. The molecular weight excluding hydrogens is 2680 g/mol. The zero-order valence-corrected chi connectivity index (χ0v) is 102. The lowest BCUT2D eigenvalue weighted by atomic mass is 9.87. The highest BCUT2D eigenvalue weighted by Gasteiger charge is 2.32. The Morgan fingerprint density at radius 3 is 1.05 bits per heavy atom. The van der Waals surface area contributed by atoms with Gasteiger partial charge in [-0.3, -0.25) is 24.5 Å². The summed E-state index contributed by atoms with van der Waals surface area (Å²) in [6, 6.07) is 138. The molecule has 22 heteroatoms. The van der Waals surface area contributed by atoms with Crippen LogP contribution in [0.2, 0.25) is 10.0 Å². The monoisotopic (exact) mass is 2810 g/mol. The number of nitro groups is 1. The maximum atomic E-state index is 11.6. The zero-order chi connectivity index (χ0) is 105. The van der Waals surface area contributed by atoms with E-state index in [1.54, 1.807) is 32.4 Å². The van der Waals surface area contributed by atoms with Crippen LogP contribution >= 0.6 is 23.2 Å². The Balaban J connectivity index is 0.000000160. The van der Waals surface area contributed by atoms with E-state index in [0.717, 1.165) is 39.6 Å². The first-order valence-electron chi connectivity index (χ1n) is 47.7. The van der Waals surface area contributed by atoms with Crippen molar-refractivity contribution in [2.75, 3.05) is 53.2 Å². The molecule has 1 aliphatic heterocycles. The van der Waals surface area contributed by atoms with Gasteiger partial charge in [-0.2, -0.15) is 0 Å². The molecule has 12 nitrogen and oxygen atoms in total. The van der Waals surface area contributed by atoms with Gasteiger partial charge in [-0.1, -0.05) is 257 Å². The Morgan fingerprint density at radius 2 is 0.667 bits per heavy atom. The highest BCUT2D eigenvalue weighted by atomic mass is 127. The molecule has 1 N–H and O–H groups in total. The van der Waals surface area contributed by atoms with Gasteiger partial charge in [-0.05, 0) is 301 Å². The van der Waals surface area contributed by atoms with Crippen molar-refractivity contribution in [2.24, 2.45) is 0 Å². The molecule has 1 heterocycles. The van der Waals surface area contributed by atoms with E-state index in [0.29, 0.717) is 36.1 Å². The minimum absolute atomic E-state index is 0.00313. The van der Waals surface area contributed by atoms with E-state index in [-0.39, 0.29) is 180 Å². The fraction of sp³-hybridized carbons (Fsp3) is 0.192. The van der Waals surface area contributed by atoms with Crippen LogP contribution < -0.4 is 153 Å². The van der Waals surface area contributed by atoms with E-state index in [1.165, 1.54) is 136 Å². The van der Waals surface area contributed by atoms with Gasteiger partial charge in [0.25, 0.3) is 5.69 Å². The maximum Gasteiger partial charge on any atom is 0.362 e. The molecule has 0 amide bonds. The highest BCUT2D eigenvalue weighted by molar-refractivity contribution is 7.97. The third-order valence-corrected chi connectivity index (χ3v) is 44.0. The molecule has 17 aromatic carbocycles. The van der Waals surface area contributed by atoms with Crippen molar-refractivity contribution >= 4 is 79.2 Å². The highest BCUT2D eigenvalue weighted by Crippen LogP contribution is 2.37. The number of aryl methyl sites for hydroxylation is 3. The molecule has 756 valence electrons. The lowest BCUT2D eigenvalue weighted by Gasteiger charge is -2.18. The van der Waals surface area contributed by atoms with Gasteiger partial charge in [0.05, 0.1) is 52.1 Å². The average Bonchev–Trinajstić information content (AvgIpc) is 1.78. The van der Waals surface area contributed by atoms with Crippen molar-refractivity contribution in [3.05, 3.63) is 515 Å². The summed E-state index contributed by atoms with van der Waals surface area (Å²) in [5, 5.41) is 27.0. The second kappa shape index (κ2) is 62.5. The smallest absolute Gasteiger partial charge is 0.362 e. The minimum atomic E-state index is -0.422. The number of phenolic OH excluding ortho intramolecular Hbond substituents is 1. The van der Waals surface area contributed by atoms with Crippen molar-refractivity contribution in [1.82, 2.24) is 0 Å². The Morgan fingerprint density at radius 1 is 0.347 bits per heavy atom. The number of hydrogen-bond donors (Lipinski definition) is 1. The molecule has 0 atom stereocenters. The number of para-hydroxylation sites is 1. The quantitative estimate of drug-likeness (QED) is 0.0112. The summed E-state index contributed by atoms with van der Waals surface area (Å²) in [6.45, 7) is 20.7. The van der Waals surface area contributed by atoms with Crippen molar-refractivity contribution in [1.29, 1.82) is 0 Å². The molecule has 0 bridgehead atoms. The van der Waals surface area contributed by atoms with Gasteiger partial charge >= 0.3 is 166 Å². The topological polar surface area (TPSA) is 161 Å². The first-order valence-corrected chi connectivity index (χ1v) is 65.1. The summed E-state index contributed by atoms with van der Waals surface area (Å²) >= 11 is 10.5. The predicted octanol–water partition coefficient (Wildman–Crippen LogP) is 7.08. The van der Waals surface area contributed by atoms with E-state index in [2.05, 4.69) is 333 Å². The number of hydrogen-bond acceptors (Lipinski definition) is 11. The Kier molecular flexibility index (Phi) is 50.1. The van der Waals surface area contributed by atoms with Gasteiger partial charge in [-0.15, -0.1) is 0 Å². The van der Waals surface area contributed by atoms with E-state index in [1.807, 2.05) is 121 Å². The predicted molar refractivity (Wildman–Crippen MR) is 572 cm³/mol. The summed E-state index contributed by atoms with van der Waals surface area (Å²) in [4.78, 5) is 45.6. The molecule has 147 heavy (non-hydrogen) atoms. The number of aromatic hydroxyl groups is 1. The minimum Gasteiger partial charge on any atom is -0.504 e. The van der Waals surface area contributed by atoms with Gasteiger partial charge in [0.15, 0.2) is 62.8 Å². The number of halogens is 9. The number of esters is 3. The van der Waals surface area contributed by atoms with Gasteiger partial charge < -0.3 is 28.8 Å². The van der Waals surface area contributed by atoms with E-state index in [4.69, 9.17) is 37.4 Å². The van der Waals surface area contributed by atoms with Crippen LogP contribution in [0.25, 0.3) is 21.5 Å². The lowest BCUT2D eigenvalue weighted by molar-refractivity contribution is -0.598. The molecule has 0 spiro atoms. The Hall–Kier alpha value is -9.33. The molecule has 17 aromatic rings. The standard InChI is InChI=1S/C20H26I.C19H16IO2.C17H17IO4.C15H14IO2.C15H17OS.C14H14I.C13H11ClI.C12H8ClINO2/c1-19(2,3)15-7-11-17(12-8-15)21-18-13-9-16(10-14-18)20(4,5)6;1-22-19(21)12-14-6-9-17(10-7-14)20-18-11-8-15-4-2-3-5-16(15)13-18;1-21-10-11-22-17(20)12-13-6-8-14(9-7-13)18-15-4-2-3-5-16(15)19;1-18-15(17)11-12-7-9-14(10-8-12)16-13-5-3-2-4-6-13;1-16-15-13-7-3-2-6-12(13)8-9-14(15)17-10-4-5-11-17;1-11-3-7-13(8-4-11)15-14-9-5-12(2)6-10-14;1-10-2-6-12(7-3-10)15-13-8-4-11(14)5-9-13;13-9-1-3-10(4-2-9)14-11-5-7-12(8-6-11)15(16)17/h7-14H,1-6H3;2-11,13H,12H2,1H3;2-9H,10-12H2,1H3;2-10H,11H2,1H3;2-3,6-9H,4-5,10-11H2,1H3;3-10H,1-2H3;2-9H,1H3;1-8H/q2*+1;;5*+1/p+1. The summed E-state index contributed by atoms with van der Waals surface area (Å²) in [5.74, 6) is 3.50. The van der Waals surface area contributed by atoms with Crippen molar-refractivity contribution in [3.8, 4) is 11.5 Å². The van der Waals surface area contributed by atoms with Crippen LogP contribution in [0.3, 0.4) is 0 Å². The second-order valence-electron chi connectivity index (χ2n) is 35.6. The molecule has 1 fully saturated rings. The molecular formula is C125H124Cl2I7NO11S+8. The average molecular weight is 2810 g/mol.